The Morgan fingerprint density at radius 2 is 1.89 bits per heavy atom. The molecule has 0 saturated carbocycles. The van der Waals surface area contributed by atoms with Crippen molar-refractivity contribution in [3.63, 3.8) is 0 Å². The molecule has 0 aliphatic carbocycles. The summed E-state index contributed by atoms with van der Waals surface area (Å²) < 4.78 is 1.76. The number of nitrogens with zero attached hydrogens (tertiary/aromatic N) is 6. The van der Waals surface area contributed by atoms with Crippen LogP contribution in [0, 0.1) is 0 Å². The average molecular weight is 387 g/mol. The van der Waals surface area contributed by atoms with Gasteiger partial charge in [-0.25, -0.2) is 14.6 Å². The van der Waals surface area contributed by atoms with E-state index in [1.807, 2.05) is 36.1 Å². The van der Waals surface area contributed by atoms with Gasteiger partial charge in [0.05, 0.1) is 12.1 Å². The fraction of sp³-hybridized carbons (Fsp3) is 0.474. The molecule has 1 N–H and O–H groups in total. The summed E-state index contributed by atoms with van der Waals surface area (Å²) in [6.07, 6.45) is 0. The van der Waals surface area contributed by atoms with Gasteiger partial charge in [0.15, 0.2) is 17.0 Å². The Morgan fingerprint density at radius 1 is 1.19 bits per heavy atom. The predicted molar refractivity (Wildman–Crippen MR) is 105 cm³/mol. The van der Waals surface area contributed by atoms with Crippen LogP contribution in [0.4, 0.5) is 5.82 Å². The van der Waals surface area contributed by atoms with Gasteiger partial charge in [0, 0.05) is 23.5 Å². The smallest absolute Gasteiger partial charge is 0.184 e. The number of aliphatic hydroxyl groups is 1. The number of aromatic nitrogens is 5. The molecule has 0 atom stereocenters. The molecule has 1 aliphatic heterocycles. The highest BCUT2D eigenvalue weighted by atomic mass is 35.5. The van der Waals surface area contributed by atoms with Crippen LogP contribution in [0.25, 0.3) is 11.2 Å². The minimum Gasteiger partial charge on any atom is -0.386 e. The normalized spacial score (nSPS) is 16.6. The van der Waals surface area contributed by atoms with E-state index in [1.165, 1.54) is 0 Å². The molecule has 1 fully saturated rings. The van der Waals surface area contributed by atoms with Crippen LogP contribution in [0.3, 0.4) is 0 Å². The number of β-amino-alcohol motifs (C(OH)–C–C–N with tert-alkyl or cyclic N) is 1. The predicted octanol–water partition coefficient (Wildman–Crippen LogP) is 2.79. The second-order valence-corrected chi connectivity index (χ2v) is 8.89. The highest BCUT2D eigenvalue weighted by Gasteiger charge is 2.39. The SMILES string of the molecule is CC1(O)CN(c2nc(C(C)(C)C)nc3c2nnn3Cc2ccccc2Cl)C1. The van der Waals surface area contributed by atoms with E-state index in [0.717, 1.165) is 17.2 Å². The van der Waals surface area contributed by atoms with Crippen molar-refractivity contribution >= 4 is 28.6 Å². The zero-order valence-corrected chi connectivity index (χ0v) is 16.7. The molecule has 1 aromatic carbocycles. The van der Waals surface area contributed by atoms with Gasteiger partial charge in [-0.1, -0.05) is 55.8 Å². The standard InChI is InChI=1S/C19H23ClN6O/c1-18(2,3)17-21-15(25-10-19(4,27)11-25)14-16(22-17)26(24-23-14)9-12-7-5-6-8-13(12)20/h5-8,27H,9-11H2,1-4H3. The summed E-state index contributed by atoms with van der Waals surface area (Å²) >= 11 is 6.31. The van der Waals surface area contributed by atoms with Gasteiger partial charge < -0.3 is 10.0 Å². The van der Waals surface area contributed by atoms with Gasteiger partial charge in [-0.3, -0.25) is 0 Å². The third-order valence-electron chi connectivity index (χ3n) is 4.66. The highest BCUT2D eigenvalue weighted by molar-refractivity contribution is 6.31. The third kappa shape index (κ3) is 3.37. The zero-order valence-electron chi connectivity index (χ0n) is 15.9. The topological polar surface area (TPSA) is 80.0 Å². The molecule has 2 aromatic heterocycles. The maximum Gasteiger partial charge on any atom is 0.184 e. The Kier molecular flexibility index (Phi) is 4.12. The van der Waals surface area contributed by atoms with Crippen molar-refractivity contribution in [3.05, 3.63) is 40.7 Å². The van der Waals surface area contributed by atoms with Crippen LogP contribution >= 0.6 is 11.6 Å². The first kappa shape index (κ1) is 18.1. The van der Waals surface area contributed by atoms with E-state index in [4.69, 9.17) is 21.6 Å². The van der Waals surface area contributed by atoms with E-state index >= 15 is 0 Å². The zero-order chi connectivity index (χ0) is 19.4. The average Bonchev–Trinajstić information content (AvgIpc) is 2.96. The number of halogens is 1. The van der Waals surface area contributed by atoms with E-state index in [1.54, 1.807) is 4.68 Å². The maximum atomic E-state index is 10.1. The van der Waals surface area contributed by atoms with Gasteiger partial charge in [0.2, 0.25) is 0 Å². The van der Waals surface area contributed by atoms with Crippen LogP contribution in [0.1, 0.15) is 39.1 Å². The van der Waals surface area contributed by atoms with Gasteiger partial charge >= 0.3 is 0 Å². The lowest BCUT2D eigenvalue weighted by atomic mass is 9.95. The fourth-order valence-corrected chi connectivity index (χ4v) is 3.41. The molecule has 4 rings (SSSR count). The van der Waals surface area contributed by atoms with Crippen molar-refractivity contribution in [2.45, 2.75) is 45.3 Å². The Hall–Kier alpha value is -2.25. The van der Waals surface area contributed by atoms with E-state index in [-0.39, 0.29) is 5.41 Å². The number of hydrogen-bond donors (Lipinski definition) is 1. The molecule has 1 saturated heterocycles. The number of rotatable bonds is 3. The van der Waals surface area contributed by atoms with Crippen LogP contribution in [-0.2, 0) is 12.0 Å². The summed E-state index contributed by atoms with van der Waals surface area (Å²) in [5.74, 6) is 1.45. The van der Waals surface area contributed by atoms with E-state index in [2.05, 4.69) is 31.1 Å². The molecule has 3 heterocycles. The fourth-order valence-electron chi connectivity index (χ4n) is 3.22. The second kappa shape index (κ2) is 6.14. The summed E-state index contributed by atoms with van der Waals surface area (Å²) in [5.41, 5.74) is 1.35. The molecule has 0 spiro atoms. The molecule has 27 heavy (non-hydrogen) atoms. The lowest BCUT2D eigenvalue weighted by molar-refractivity contribution is 0.0306. The van der Waals surface area contributed by atoms with Crippen LogP contribution in [0.2, 0.25) is 5.02 Å². The number of anilines is 1. The number of hydrogen-bond acceptors (Lipinski definition) is 6. The summed E-state index contributed by atoms with van der Waals surface area (Å²) in [5, 5.41) is 19.5. The van der Waals surface area contributed by atoms with Gasteiger partial charge in [-0.2, -0.15) is 0 Å². The Morgan fingerprint density at radius 3 is 2.52 bits per heavy atom. The molecule has 0 radical (unpaired) electrons. The molecule has 142 valence electrons. The van der Waals surface area contributed by atoms with Gasteiger partial charge in [-0.05, 0) is 18.6 Å². The van der Waals surface area contributed by atoms with E-state index < -0.39 is 5.60 Å². The van der Waals surface area contributed by atoms with Crippen LogP contribution in [0.5, 0.6) is 0 Å². The summed E-state index contributed by atoms with van der Waals surface area (Å²) in [6.45, 7) is 9.56. The van der Waals surface area contributed by atoms with Gasteiger partial charge in [0.1, 0.15) is 5.82 Å². The molecule has 7 nitrogen and oxygen atoms in total. The maximum absolute atomic E-state index is 10.1. The Bertz CT molecular complexity index is 999. The van der Waals surface area contributed by atoms with Crippen molar-refractivity contribution in [2.24, 2.45) is 0 Å². The van der Waals surface area contributed by atoms with Crippen molar-refractivity contribution < 1.29 is 5.11 Å². The van der Waals surface area contributed by atoms with E-state index in [9.17, 15) is 5.11 Å². The van der Waals surface area contributed by atoms with Crippen LogP contribution in [-0.4, -0.2) is 48.8 Å². The first-order valence-corrected chi connectivity index (χ1v) is 9.34. The summed E-state index contributed by atoms with van der Waals surface area (Å²) in [6, 6.07) is 7.68. The lowest BCUT2D eigenvalue weighted by Gasteiger charge is -2.45. The molecule has 3 aromatic rings. The van der Waals surface area contributed by atoms with E-state index in [0.29, 0.717) is 35.8 Å². The molecule has 1 aliphatic rings. The monoisotopic (exact) mass is 386 g/mol. The largest absolute Gasteiger partial charge is 0.386 e. The van der Waals surface area contributed by atoms with Gasteiger partial charge in [-0.15, -0.1) is 5.10 Å². The first-order valence-electron chi connectivity index (χ1n) is 8.96. The second-order valence-electron chi connectivity index (χ2n) is 8.48. The van der Waals surface area contributed by atoms with Gasteiger partial charge in [0.25, 0.3) is 0 Å². The minimum atomic E-state index is -0.702. The minimum absolute atomic E-state index is 0.226. The quantitative estimate of drug-likeness (QED) is 0.745. The summed E-state index contributed by atoms with van der Waals surface area (Å²) in [4.78, 5) is 11.5. The number of fused-ring (bicyclic) bond motifs is 1. The third-order valence-corrected chi connectivity index (χ3v) is 5.02. The summed E-state index contributed by atoms with van der Waals surface area (Å²) in [7, 11) is 0. The molecular weight excluding hydrogens is 364 g/mol. The molecule has 0 amide bonds. The molecule has 0 unspecified atom stereocenters. The Labute approximate surface area is 163 Å². The van der Waals surface area contributed by atoms with Crippen molar-refractivity contribution in [3.8, 4) is 0 Å². The molecule has 8 heteroatoms. The highest BCUT2D eigenvalue weighted by Crippen LogP contribution is 2.32. The molecular formula is C19H23ClN6O. The van der Waals surface area contributed by atoms with Crippen LogP contribution < -0.4 is 4.90 Å². The van der Waals surface area contributed by atoms with Crippen molar-refractivity contribution in [2.75, 3.05) is 18.0 Å². The van der Waals surface area contributed by atoms with Crippen molar-refractivity contribution in [1.29, 1.82) is 0 Å². The lowest BCUT2D eigenvalue weighted by Crippen LogP contribution is -2.60. The molecule has 0 bridgehead atoms. The number of benzene rings is 1. The Balaban J connectivity index is 1.82. The first-order chi connectivity index (χ1) is 12.6. The van der Waals surface area contributed by atoms with Crippen molar-refractivity contribution in [1.82, 2.24) is 25.0 Å². The van der Waals surface area contributed by atoms with Crippen LogP contribution in [0.15, 0.2) is 24.3 Å².